The van der Waals surface area contributed by atoms with Crippen molar-refractivity contribution in [3.8, 4) is 0 Å². The molecular weight excluding hydrogens is 667 g/mol. The number of nitro benzene ring substituents is 1. The van der Waals surface area contributed by atoms with Gasteiger partial charge in [0.05, 0.1) is 15.1 Å². The van der Waals surface area contributed by atoms with Crippen LogP contribution in [0.15, 0.2) is 89.8 Å². The molecule has 0 aliphatic heterocycles. The molecule has 0 radical (unpaired) electrons. The second-order valence-corrected chi connectivity index (χ2v) is 14.0. The average Bonchev–Trinajstić information content (AvgIpc) is 3.10. The smallest absolute Gasteiger partial charge is 0.407 e. The first kappa shape index (κ1) is 38.9. The van der Waals surface area contributed by atoms with Crippen molar-refractivity contribution in [3.05, 3.63) is 106 Å². The second kappa shape index (κ2) is 20.7. The Labute approximate surface area is 294 Å². The Bertz CT molecular complexity index is 1530. The molecule has 0 aliphatic rings. The molecule has 0 aliphatic carbocycles. The minimum atomic E-state index is -0.944. The fourth-order valence-corrected chi connectivity index (χ4v) is 7.37. The number of amides is 4. The SMILES string of the molecule is CNC(=O)[C@H](Cc1ccccc1)NC(=O)C(CC(C)C)NC(=O)C(CCCNC(=O)OCc1ccccc1)SSc1ccccc1[N+](=O)[O-]. The summed E-state index contributed by atoms with van der Waals surface area (Å²) >= 11 is 0. The number of rotatable bonds is 19. The number of nitrogens with one attached hydrogen (secondary N) is 4. The van der Waals surface area contributed by atoms with Gasteiger partial charge in [-0.05, 0) is 53.2 Å². The lowest BCUT2D eigenvalue weighted by atomic mass is 10.0. The standard InChI is InChI=1S/C35H43N5O7S2/c1-24(2)21-27(33(42)38-28(32(41)36-3)22-25-13-6-4-7-14-25)39-34(43)31(49-48-30-18-11-10-17-29(30)40(45)46)19-12-20-37-35(44)47-23-26-15-8-5-9-16-26/h4-11,13-18,24,27-28,31H,12,19-23H2,1-3H3,(H,36,41)(H,37,44)(H,38,42)(H,39,43)/t27?,28-,31?/m0/s1. The van der Waals surface area contributed by atoms with Crippen molar-refractivity contribution < 1.29 is 28.8 Å². The third kappa shape index (κ3) is 13.8. The van der Waals surface area contributed by atoms with E-state index in [-0.39, 0.29) is 43.5 Å². The van der Waals surface area contributed by atoms with E-state index in [0.717, 1.165) is 32.7 Å². The first-order chi connectivity index (χ1) is 23.6. The molecule has 262 valence electrons. The summed E-state index contributed by atoms with van der Waals surface area (Å²) in [6, 6.07) is 23.0. The molecule has 0 aromatic heterocycles. The highest BCUT2D eigenvalue weighted by atomic mass is 33.1. The molecule has 2 unspecified atom stereocenters. The highest BCUT2D eigenvalue weighted by Gasteiger charge is 2.30. The maximum atomic E-state index is 13.8. The molecule has 3 atom stereocenters. The van der Waals surface area contributed by atoms with Crippen LogP contribution in [0.1, 0.15) is 44.2 Å². The molecule has 4 N–H and O–H groups in total. The number of hydrogen-bond acceptors (Lipinski definition) is 9. The van der Waals surface area contributed by atoms with Crippen LogP contribution < -0.4 is 21.3 Å². The zero-order valence-corrected chi connectivity index (χ0v) is 29.4. The molecule has 12 nitrogen and oxygen atoms in total. The number of carbonyl (C=O) groups excluding carboxylic acids is 4. The first-order valence-electron chi connectivity index (χ1n) is 15.9. The van der Waals surface area contributed by atoms with E-state index in [1.54, 1.807) is 18.2 Å². The molecule has 3 rings (SSSR count). The minimum Gasteiger partial charge on any atom is -0.445 e. The van der Waals surface area contributed by atoms with Gasteiger partial charge in [0.2, 0.25) is 17.7 Å². The van der Waals surface area contributed by atoms with Crippen molar-refractivity contribution in [1.82, 2.24) is 21.3 Å². The number of nitro groups is 1. The van der Waals surface area contributed by atoms with Gasteiger partial charge in [0, 0.05) is 26.1 Å². The number of hydrogen-bond donors (Lipinski definition) is 4. The summed E-state index contributed by atoms with van der Waals surface area (Å²) in [4.78, 5) is 63.8. The van der Waals surface area contributed by atoms with Crippen LogP contribution >= 0.6 is 21.6 Å². The van der Waals surface area contributed by atoms with E-state index in [0.29, 0.717) is 17.7 Å². The maximum Gasteiger partial charge on any atom is 0.407 e. The molecular formula is C35H43N5O7S2. The van der Waals surface area contributed by atoms with E-state index in [4.69, 9.17) is 4.74 Å². The van der Waals surface area contributed by atoms with Gasteiger partial charge in [0.15, 0.2) is 0 Å². The van der Waals surface area contributed by atoms with E-state index >= 15 is 0 Å². The van der Waals surface area contributed by atoms with Crippen LogP contribution in [0.5, 0.6) is 0 Å². The third-order valence-electron chi connectivity index (χ3n) is 7.24. The number of para-hydroxylation sites is 1. The Hall–Kier alpha value is -4.56. The predicted octanol–water partition coefficient (Wildman–Crippen LogP) is 5.41. The summed E-state index contributed by atoms with van der Waals surface area (Å²) in [7, 11) is 3.73. The van der Waals surface area contributed by atoms with Crippen molar-refractivity contribution in [2.24, 2.45) is 5.92 Å². The van der Waals surface area contributed by atoms with Gasteiger partial charge in [-0.2, -0.15) is 0 Å². The topological polar surface area (TPSA) is 169 Å². The molecule has 0 saturated heterocycles. The van der Waals surface area contributed by atoms with Gasteiger partial charge < -0.3 is 26.0 Å². The molecule has 3 aromatic rings. The van der Waals surface area contributed by atoms with Crippen LogP contribution in [0.2, 0.25) is 0 Å². The van der Waals surface area contributed by atoms with E-state index in [1.807, 2.05) is 74.5 Å². The molecule has 0 bridgehead atoms. The largest absolute Gasteiger partial charge is 0.445 e. The fraction of sp³-hybridized carbons (Fsp3) is 0.371. The number of ether oxygens (including phenoxy) is 1. The lowest BCUT2D eigenvalue weighted by Gasteiger charge is -2.25. The van der Waals surface area contributed by atoms with E-state index in [1.165, 1.54) is 13.1 Å². The van der Waals surface area contributed by atoms with Crippen LogP contribution in [0.25, 0.3) is 0 Å². The number of benzene rings is 3. The second-order valence-electron chi connectivity index (χ2n) is 11.6. The van der Waals surface area contributed by atoms with E-state index < -0.39 is 40.2 Å². The highest BCUT2D eigenvalue weighted by molar-refractivity contribution is 8.77. The molecule has 0 fully saturated rings. The summed E-state index contributed by atoms with van der Waals surface area (Å²) in [5, 5.41) is 21.8. The van der Waals surface area contributed by atoms with Crippen LogP contribution in [0, 0.1) is 16.0 Å². The van der Waals surface area contributed by atoms with E-state index in [2.05, 4.69) is 21.3 Å². The van der Waals surface area contributed by atoms with Gasteiger partial charge in [-0.15, -0.1) is 0 Å². The van der Waals surface area contributed by atoms with Gasteiger partial charge in [-0.25, -0.2) is 4.79 Å². The Balaban J connectivity index is 1.69. The normalized spacial score (nSPS) is 12.7. The summed E-state index contributed by atoms with van der Waals surface area (Å²) in [6.07, 6.45) is 0.655. The Morgan fingerprint density at radius 1 is 0.816 bits per heavy atom. The summed E-state index contributed by atoms with van der Waals surface area (Å²) in [6.45, 7) is 4.18. The lowest BCUT2D eigenvalue weighted by Crippen LogP contribution is -2.55. The quantitative estimate of drug-likeness (QED) is 0.0550. The molecule has 14 heteroatoms. The molecule has 49 heavy (non-hydrogen) atoms. The van der Waals surface area contributed by atoms with Crippen LogP contribution in [-0.2, 0) is 32.1 Å². The molecule has 4 amide bonds. The number of likely N-dealkylation sites (N-methyl/N-ethyl adjacent to an activating group) is 1. The molecule has 0 heterocycles. The van der Waals surface area contributed by atoms with Crippen molar-refractivity contribution in [2.75, 3.05) is 13.6 Å². The number of alkyl carbamates (subject to hydrolysis) is 1. The molecule has 0 spiro atoms. The Morgan fingerprint density at radius 3 is 2.06 bits per heavy atom. The van der Waals surface area contributed by atoms with Gasteiger partial charge in [-0.1, -0.05) is 97.4 Å². The highest BCUT2D eigenvalue weighted by Crippen LogP contribution is 2.40. The van der Waals surface area contributed by atoms with Crippen LogP contribution in [-0.4, -0.2) is 59.7 Å². The van der Waals surface area contributed by atoms with E-state index in [9.17, 15) is 29.3 Å². The van der Waals surface area contributed by atoms with Crippen LogP contribution in [0.3, 0.4) is 0 Å². The Kier molecular flexibility index (Phi) is 16.4. The van der Waals surface area contributed by atoms with Crippen LogP contribution in [0.4, 0.5) is 10.5 Å². The number of carbonyl (C=O) groups is 4. The fourth-order valence-electron chi connectivity index (χ4n) is 4.74. The monoisotopic (exact) mass is 709 g/mol. The zero-order chi connectivity index (χ0) is 35.6. The third-order valence-corrected chi connectivity index (χ3v) is 10.1. The Morgan fingerprint density at radius 2 is 1.43 bits per heavy atom. The summed E-state index contributed by atoms with van der Waals surface area (Å²) in [5.41, 5.74) is 1.62. The lowest BCUT2D eigenvalue weighted by molar-refractivity contribution is -0.387. The van der Waals surface area contributed by atoms with Crippen molar-refractivity contribution >= 4 is 51.1 Å². The maximum absolute atomic E-state index is 13.8. The first-order valence-corrected chi connectivity index (χ1v) is 18.2. The van der Waals surface area contributed by atoms with Gasteiger partial charge in [-0.3, -0.25) is 24.5 Å². The predicted molar refractivity (Wildman–Crippen MR) is 192 cm³/mol. The van der Waals surface area contributed by atoms with Gasteiger partial charge in [0.25, 0.3) is 5.69 Å². The minimum absolute atomic E-state index is 0.0298. The molecule has 3 aromatic carbocycles. The van der Waals surface area contributed by atoms with Crippen molar-refractivity contribution in [1.29, 1.82) is 0 Å². The summed E-state index contributed by atoms with van der Waals surface area (Å²) in [5.74, 6) is -1.27. The average molecular weight is 710 g/mol. The van der Waals surface area contributed by atoms with Gasteiger partial charge in [0.1, 0.15) is 18.7 Å². The van der Waals surface area contributed by atoms with Gasteiger partial charge >= 0.3 is 6.09 Å². The zero-order valence-electron chi connectivity index (χ0n) is 27.8. The molecule has 0 saturated carbocycles. The summed E-state index contributed by atoms with van der Waals surface area (Å²) < 4.78 is 5.26. The van der Waals surface area contributed by atoms with Crippen molar-refractivity contribution in [2.45, 2.75) is 68.4 Å². The van der Waals surface area contributed by atoms with Crippen molar-refractivity contribution in [3.63, 3.8) is 0 Å². The number of nitrogens with zero attached hydrogens (tertiary/aromatic N) is 1.